The first kappa shape index (κ1) is 29.7. The summed E-state index contributed by atoms with van der Waals surface area (Å²) in [5.74, 6) is -0.936. The lowest BCUT2D eigenvalue weighted by Crippen LogP contribution is -2.39. The minimum absolute atomic E-state index is 0.0297. The maximum absolute atomic E-state index is 14.1. The number of allylic oxidation sites excluding steroid dienone is 2. The molecule has 2 aliphatic rings. The molecule has 0 aliphatic carbocycles. The first-order chi connectivity index (χ1) is 20.4. The van der Waals surface area contributed by atoms with Crippen LogP contribution in [0, 0.1) is 0 Å². The molecule has 1 atom stereocenters. The topological polar surface area (TPSA) is 58.6 Å². The van der Waals surface area contributed by atoms with Crippen LogP contribution in [-0.4, -0.2) is 36.5 Å². The number of hydrogen-bond acceptors (Lipinski definition) is 4. The molecule has 1 N–H and O–H groups in total. The SMILES string of the molecule is CC1=C(C(=O)OCCC(c2ccccc2)c2ccccc2)C(c2cccc(Cl)c2)C(C(=O)N2CCCCCC2)=C(C)N1. The van der Waals surface area contributed by atoms with Gasteiger partial charge in [0.25, 0.3) is 5.91 Å². The van der Waals surface area contributed by atoms with E-state index in [0.29, 0.717) is 28.3 Å². The van der Waals surface area contributed by atoms with Crippen molar-refractivity contribution < 1.29 is 14.3 Å². The Morgan fingerprint density at radius 1 is 0.833 bits per heavy atom. The molecule has 1 amide bonds. The molecule has 5 rings (SSSR count). The molecule has 1 fully saturated rings. The molecule has 5 nitrogen and oxygen atoms in total. The minimum Gasteiger partial charge on any atom is -0.462 e. The summed E-state index contributed by atoms with van der Waals surface area (Å²) in [5, 5.41) is 3.90. The van der Waals surface area contributed by atoms with Gasteiger partial charge in [0, 0.05) is 41.0 Å². The molecular weight excluding hydrogens is 544 g/mol. The Kier molecular flexibility index (Phi) is 9.81. The second-order valence-corrected chi connectivity index (χ2v) is 11.6. The van der Waals surface area contributed by atoms with Crippen molar-refractivity contribution in [3.63, 3.8) is 0 Å². The predicted molar refractivity (Wildman–Crippen MR) is 168 cm³/mol. The zero-order chi connectivity index (χ0) is 29.5. The fraction of sp³-hybridized carbons (Fsp3) is 0.333. The van der Waals surface area contributed by atoms with Gasteiger partial charge in [-0.3, -0.25) is 4.79 Å². The molecule has 1 unspecified atom stereocenters. The number of benzene rings is 3. The molecule has 0 bridgehead atoms. The van der Waals surface area contributed by atoms with Gasteiger partial charge in [0.1, 0.15) is 0 Å². The van der Waals surface area contributed by atoms with Crippen molar-refractivity contribution in [1.82, 2.24) is 10.2 Å². The van der Waals surface area contributed by atoms with Crippen molar-refractivity contribution >= 4 is 23.5 Å². The van der Waals surface area contributed by atoms with E-state index in [1.54, 1.807) is 6.07 Å². The number of amides is 1. The lowest BCUT2D eigenvalue weighted by atomic mass is 9.79. The molecule has 2 aliphatic heterocycles. The summed E-state index contributed by atoms with van der Waals surface area (Å²) in [6, 6.07) is 28.1. The number of carbonyl (C=O) groups is 2. The van der Waals surface area contributed by atoms with Gasteiger partial charge in [-0.15, -0.1) is 0 Å². The summed E-state index contributed by atoms with van der Waals surface area (Å²) in [6.07, 6.45) is 4.86. The summed E-state index contributed by atoms with van der Waals surface area (Å²) in [7, 11) is 0. The van der Waals surface area contributed by atoms with Gasteiger partial charge in [-0.1, -0.05) is 97.2 Å². The van der Waals surface area contributed by atoms with Gasteiger partial charge in [-0.05, 0) is 61.9 Å². The molecule has 3 aromatic rings. The van der Waals surface area contributed by atoms with Crippen LogP contribution in [0.15, 0.2) is 107 Å². The summed E-state index contributed by atoms with van der Waals surface area (Å²) >= 11 is 6.44. The summed E-state index contributed by atoms with van der Waals surface area (Å²) < 4.78 is 6.02. The van der Waals surface area contributed by atoms with Crippen molar-refractivity contribution in [3.8, 4) is 0 Å². The Morgan fingerprint density at radius 3 is 2.02 bits per heavy atom. The van der Waals surface area contributed by atoms with Crippen LogP contribution in [0.25, 0.3) is 0 Å². The standard InChI is InChI=1S/C36H39ClN2O3/c1-25-32(35(40)39-21-11-3-4-12-22-39)34(29-18-13-19-30(37)24-29)33(26(2)38-25)36(41)42-23-20-31(27-14-7-5-8-15-27)28-16-9-6-10-17-28/h5-10,13-19,24,31,34,38H,3-4,11-12,20-23H2,1-2H3. The Hall–Kier alpha value is -3.83. The normalized spacial score (nSPS) is 17.6. The quantitative estimate of drug-likeness (QED) is 0.276. The highest BCUT2D eigenvalue weighted by atomic mass is 35.5. The van der Waals surface area contributed by atoms with Crippen LogP contribution in [0.3, 0.4) is 0 Å². The highest BCUT2D eigenvalue weighted by molar-refractivity contribution is 6.30. The average Bonchev–Trinajstić information content (AvgIpc) is 3.29. The van der Waals surface area contributed by atoms with E-state index >= 15 is 0 Å². The van der Waals surface area contributed by atoms with Crippen molar-refractivity contribution in [3.05, 3.63) is 129 Å². The van der Waals surface area contributed by atoms with Crippen LogP contribution in [0.2, 0.25) is 5.02 Å². The second-order valence-electron chi connectivity index (χ2n) is 11.2. The van der Waals surface area contributed by atoms with Crippen molar-refractivity contribution in [2.45, 2.75) is 57.8 Å². The molecule has 1 saturated heterocycles. The fourth-order valence-corrected chi connectivity index (χ4v) is 6.45. The van der Waals surface area contributed by atoms with E-state index in [1.165, 1.54) is 11.1 Å². The number of esters is 1. The van der Waals surface area contributed by atoms with Gasteiger partial charge in [0.05, 0.1) is 18.1 Å². The first-order valence-electron chi connectivity index (χ1n) is 14.9. The number of halogens is 1. The summed E-state index contributed by atoms with van der Waals surface area (Å²) in [5.41, 5.74) is 5.65. The maximum atomic E-state index is 14.1. The van der Waals surface area contributed by atoms with Crippen molar-refractivity contribution in [1.29, 1.82) is 0 Å². The van der Waals surface area contributed by atoms with Gasteiger partial charge in [0.2, 0.25) is 0 Å². The number of dihydropyridines is 1. The van der Waals surface area contributed by atoms with E-state index in [4.69, 9.17) is 16.3 Å². The van der Waals surface area contributed by atoms with E-state index in [2.05, 4.69) is 29.6 Å². The molecular formula is C36H39ClN2O3. The number of rotatable bonds is 8. The Labute approximate surface area is 254 Å². The van der Waals surface area contributed by atoms with Crippen LogP contribution in [-0.2, 0) is 14.3 Å². The van der Waals surface area contributed by atoms with Gasteiger partial charge < -0.3 is 15.0 Å². The molecule has 218 valence electrons. The van der Waals surface area contributed by atoms with Gasteiger partial charge in [-0.25, -0.2) is 4.79 Å². The van der Waals surface area contributed by atoms with Crippen LogP contribution in [0.4, 0.5) is 0 Å². The molecule has 0 saturated carbocycles. The third kappa shape index (κ3) is 6.79. The Balaban J connectivity index is 1.42. The Bertz CT molecular complexity index is 1420. The zero-order valence-electron chi connectivity index (χ0n) is 24.4. The Morgan fingerprint density at radius 2 is 1.43 bits per heavy atom. The maximum Gasteiger partial charge on any atom is 0.336 e. The molecule has 6 heteroatoms. The zero-order valence-corrected chi connectivity index (χ0v) is 25.2. The lowest BCUT2D eigenvalue weighted by molar-refractivity contribution is -0.139. The van der Waals surface area contributed by atoms with Crippen molar-refractivity contribution in [2.75, 3.05) is 19.7 Å². The number of hydrogen-bond donors (Lipinski definition) is 1. The summed E-state index contributed by atoms with van der Waals surface area (Å²) in [6.45, 7) is 5.48. The molecule has 42 heavy (non-hydrogen) atoms. The number of nitrogens with zero attached hydrogens (tertiary/aromatic N) is 1. The van der Waals surface area contributed by atoms with Crippen LogP contribution < -0.4 is 5.32 Å². The summed E-state index contributed by atoms with van der Waals surface area (Å²) in [4.78, 5) is 30.0. The fourth-order valence-electron chi connectivity index (χ4n) is 6.26. The van der Waals surface area contributed by atoms with Crippen molar-refractivity contribution in [2.24, 2.45) is 0 Å². The van der Waals surface area contributed by atoms with Crippen LogP contribution in [0.1, 0.15) is 74.5 Å². The second kappa shape index (κ2) is 13.9. The van der Waals surface area contributed by atoms with Crippen LogP contribution >= 0.6 is 11.6 Å². The van der Waals surface area contributed by atoms with E-state index < -0.39 is 11.9 Å². The third-order valence-corrected chi connectivity index (χ3v) is 8.56. The number of nitrogens with one attached hydrogen (secondary N) is 1. The van der Waals surface area contributed by atoms with Gasteiger partial charge in [0.15, 0.2) is 0 Å². The molecule has 0 radical (unpaired) electrons. The average molecular weight is 583 g/mol. The first-order valence-corrected chi connectivity index (χ1v) is 15.3. The molecule has 0 spiro atoms. The molecule has 2 heterocycles. The minimum atomic E-state index is -0.577. The van der Waals surface area contributed by atoms with E-state index in [-0.39, 0.29) is 18.4 Å². The largest absolute Gasteiger partial charge is 0.462 e. The van der Waals surface area contributed by atoms with Gasteiger partial charge >= 0.3 is 5.97 Å². The number of likely N-dealkylation sites (tertiary alicyclic amines) is 1. The highest BCUT2D eigenvalue weighted by Gasteiger charge is 2.39. The lowest BCUT2D eigenvalue weighted by Gasteiger charge is -2.33. The predicted octanol–water partition coefficient (Wildman–Crippen LogP) is 7.74. The molecule has 0 aromatic heterocycles. The van der Waals surface area contributed by atoms with Crippen LogP contribution in [0.5, 0.6) is 0 Å². The van der Waals surface area contributed by atoms with E-state index in [0.717, 1.165) is 50.0 Å². The smallest absolute Gasteiger partial charge is 0.336 e. The highest BCUT2D eigenvalue weighted by Crippen LogP contribution is 2.40. The number of carbonyl (C=O) groups excluding carboxylic acids is 2. The third-order valence-electron chi connectivity index (χ3n) is 8.33. The number of ether oxygens (including phenoxy) is 1. The monoisotopic (exact) mass is 582 g/mol. The van der Waals surface area contributed by atoms with E-state index in [1.807, 2.05) is 73.3 Å². The van der Waals surface area contributed by atoms with Gasteiger partial charge in [-0.2, -0.15) is 0 Å². The van der Waals surface area contributed by atoms with E-state index in [9.17, 15) is 9.59 Å². The molecule has 3 aromatic carbocycles.